The molecule has 1 heterocycles. The first-order valence-corrected chi connectivity index (χ1v) is 7.40. The van der Waals surface area contributed by atoms with E-state index < -0.39 is 16.0 Å². The number of carboxylic acids is 1. The Bertz CT molecular complexity index is 742. The number of primary sulfonamides is 1. The number of sulfonamides is 1. The first kappa shape index (κ1) is 14.9. The van der Waals surface area contributed by atoms with E-state index in [9.17, 15) is 13.2 Å². The molecule has 2 aromatic rings. The summed E-state index contributed by atoms with van der Waals surface area (Å²) in [6.45, 7) is 0.883. The van der Waals surface area contributed by atoms with E-state index in [0.29, 0.717) is 18.8 Å². The Morgan fingerprint density at radius 1 is 1.43 bits per heavy atom. The summed E-state index contributed by atoms with van der Waals surface area (Å²) in [6, 6.07) is 3.64. The molecule has 0 unspecified atom stereocenters. The van der Waals surface area contributed by atoms with Crippen molar-refractivity contribution in [3.05, 3.63) is 36.2 Å². The molecule has 0 fully saturated rings. The lowest BCUT2D eigenvalue weighted by atomic mass is 10.2. The maximum absolute atomic E-state index is 11.2. The predicted octanol–water partition coefficient (Wildman–Crippen LogP) is -0.264. The highest BCUT2D eigenvalue weighted by molar-refractivity contribution is 7.89. The van der Waals surface area contributed by atoms with Crippen molar-refractivity contribution in [2.45, 2.75) is 11.4 Å². The van der Waals surface area contributed by atoms with Gasteiger partial charge in [0.25, 0.3) is 0 Å². The lowest BCUT2D eigenvalue weighted by Gasteiger charge is -2.10. The van der Waals surface area contributed by atoms with Crippen LogP contribution in [-0.4, -0.2) is 41.0 Å². The average molecular weight is 311 g/mol. The number of hydrogen-bond acceptors (Lipinski definition) is 6. The van der Waals surface area contributed by atoms with Gasteiger partial charge in [-0.05, 0) is 18.2 Å². The Labute approximate surface area is 120 Å². The molecule has 0 radical (unpaired) electrons. The molecule has 4 N–H and O–H groups in total. The zero-order chi connectivity index (χ0) is 15.5. The van der Waals surface area contributed by atoms with Crippen LogP contribution in [0.25, 0.3) is 0 Å². The van der Waals surface area contributed by atoms with E-state index >= 15 is 0 Å². The summed E-state index contributed by atoms with van der Waals surface area (Å²) in [4.78, 5) is 10.9. The molecule has 0 atom stereocenters. The summed E-state index contributed by atoms with van der Waals surface area (Å²) < 4.78 is 24.0. The molecule has 0 spiro atoms. The zero-order valence-electron chi connectivity index (χ0n) is 10.8. The van der Waals surface area contributed by atoms with E-state index in [1.807, 2.05) is 0 Å². The molecule has 0 aliphatic heterocycles. The molecule has 1 aromatic heterocycles. The molecule has 1 aromatic carbocycles. The summed E-state index contributed by atoms with van der Waals surface area (Å²) in [6.07, 6.45) is 3.20. The smallest absolute Gasteiger partial charge is 0.337 e. The second kappa shape index (κ2) is 5.89. The summed E-state index contributed by atoms with van der Waals surface area (Å²) >= 11 is 0. The van der Waals surface area contributed by atoms with Crippen molar-refractivity contribution in [2.75, 3.05) is 11.9 Å². The minimum atomic E-state index is -3.95. The van der Waals surface area contributed by atoms with Crippen LogP contribution in [0.4, 0.5) is 5.69 Å². The zero-order valence-corrected chi connectivity index (χ0v) is 11.6. The van der Waals surface area contributed by atoms with E-state index in [-0.39, 0.29) is 10.5 Å². The second-order valence-electron chi connectivity index (χ2n) is 4.15. The molecule has 9 nitrogen and oxygen atoms in total. The first-order chi connectivity index (χ1) is 9.88. The molecule has 0 saturated heterocycles. The van der Waals surface area contributed by atoms with Crippen LogP contribution < -0.4 is 10.5 Å². The predicted molar refractivity (Wildman–Crippen MR) is 73.3 cm³/mol. The first-order valence-electron chi connectivity index (χ1n) is 5.86. The van der Waals surface area contributed by atoms with Gasteiger partial charge in [-0.2, -0.15) is 0 Å². The summed E-state index contributed by atoms with van der Waals surface area (Å²) in [5, 5.41) is 24.4. The monoisotopic (exact) mass is 311 g/mol. The van der Waals surface area contributed by atoms with Gasteiger partial charge in [0.1, 0.15) is 0 Å². The fraction of sp³-hybridized carbons (Fsp3) is 0.182. The normalized spacial score (nSPS) is 11.3. The standard InChI is InChI=1S/C11H13N5O4S/c12-21(19,20)8-1-2-10(9(7-8)11(17)18)13-3-5-16-6-4-14-15-16/h1-2,4,6-7,13H,3,5H2,(H,17,18)(H2,12,19,20). The summed E-state index contributed by atoms with van der Waals surface area (Å²) in [7, 11) is -3.95. The Hall–Kier alpha value is -2.46. The molecular weight excluding hydrogens is 298 g/mol. The van der Waals surface area contributed by atoms with Gasteiger partial charge in [-0.15, -0.1) is 5.10 Å². The number of carboxylic acid groups (broad SMARTS) is 1. The third kappa shape index (κ3) is 3.77. The second-order valence-corrected chi connectivity index (χ2v) is 5.71. The van der Waals surface area contributed by atoms with Crippen LogP contribution in [0.1, 0.15) is 10.4 Å². The average Bonchev–Trinajstić information content (AvgIpc) is 2.90. The summed E-state index contributed by atoms with van der Waals surface area (Å²) in [5.74, 6) is -1.25. The number of benzene rings is 1. The van der Waals surface area contributed by atoms with E-state index in [1.54, 1.807) is 10.9 Å². The number of nitrogens with two attached hydrogens (primary N) is 1. The SMILES string of the molecule is NS(=O)(=O)c1ccc(NCCn2ccnn2)c(C(=O)O)c1. The van der Waals surface area contributed by atoms with Crippen LogP contribution in [-0.2, 0) is 16.6 Å². The van der Waals surface area contributed by atoms with E-state index in [1.165, 1.54) is 18.3 Å². The minimum absolute atomic E-state index is 0.167. The van der Waals surface area contributed by atoms with Crippen LogP contribution in [0, 0.1) is 0 Å². The Morgan fingerprint density at radius 3 is 2.76 bits per heavy atom. The van der Waals surface area contributed by atoms with Gasteiger partial charge in [-0.25, -0.2) is 18.4 Å². The molecular formula is C11H13N5O4S. The molecule has 21 heavy (non-hydrogen) atoms. The fourth-order valence-corrected chi connectivity index (χ4v) is 2.23. The highest BCUT2D eigenvalue weighted by Crippen LogP contribution is 2.19. The highest BCUT2D eigenvalue weighted by Gasteiger charge is 2.15. The maximum atomic E-state index is 11.2. The van der Waals surface area contributed by atoms with Crippen molar-refractivity contribution in [3.63, 3.8) is 0 Å². The number of carbonyl (C=O) groups is 1. The lowest BCUT2D eigenvalue weighted by molar-refractivity contribution is 0.0697. The minimum Gasteiger partial charge on any atom is -0.478 e. The van der Waals surface area contributed by atoms with Crippen molar-refractivity contribution < 1.29 is 18.3 Å². The number of aromatic carboxylic acids is 1. The van der Waals surface area contributed by atoms with Crippen LogP contribution in [0.2, 0.25) is 0 Å². The van der Waals surface area contributed by atoms with Gasteiger partial charge < -0.3 is 10.4 Å². The molecule has 0 aliphatic carbocycles. The Kier molecular flexibility index (Phi) is 4.19. The van der Waals surface area contributed by atoms with Crippen LogP contribution >= 0.6 is 0 Å². The van der Waals surface area contributed by atoms with Gasteiger partial charge in [0.05, 0.1) is 23.2 Å². The maximum Gasteiger partial charge on any atom is 0.337 e. The highest BCUT2D eigenvalue weighted by atomic mass is 32.2. The van der Waals surface area contributed by atoms with Crippen molar-refractivity contribution in [1.29, 1.82) is 0 Å². The topological polar surface area (TPSA) is 140 Å². The lowest BCUT2D eigenvalue weighted by Crippen LogP contribution is -2.16. The van der Waals surface area contributed by atoms with Crippen LogP contribution in [0.5, 0.6) is 0 Å². The third-order valence-electron chi connectivity index (χ3n) is 2.68. The van der Waals surface area contributed by atoms with Gasteiger partial charge in [0.2, 0.25) is 10.0 Å². The van der Waals surface area contributed by atoms with E-state index in [4.69, 9.17) is 10.2 Å². The molecule has 0 saturated carbocycles. The van der Waals surface area contributed by atoms with Crippen molar-refractivity contribution in [2.24, 2.45) is 5.14 Å². The number of hydrogen-bond donors (Lipinski definition) is 3. The van der Waals surface area contributed by atoms with E-state index in [2.05, 4.69) is 15.6 Å². The Balaban J connectivity index is 2.17. The van der Waals surface area contributed by atoms with E-state index in [0.717, 1.165) is 6.07 Å². The number of rotatable bonds is 6. The molecule has 0 aliphatic rings. The largest absolute Gasteiger partial charge is 0.478 e. The van der Waals surface area contributed by atoms with Crippen molar-refractivity contribution >= 4 is 21.7 Å². The Morgan fingerprint density at radius 2 is 2.19 bits per heavy atom. The number of anilines is 1. The van der Waals surface area contributed by atoms with Gasteiger partial charge in [-0.3, -0.25) is 4.68 Å². The third-order valence-corrected chi connectivity index (χ3v) is 3.59. The molecule has 10 heteroatoms. The van der Waals surface area contributed by atoms with Crippen LogP contribution in [0.15, 0.2) is 35.5 Å². The molecule has 0 bridgehead atoms. The summed E-state index contributed by atoms with van der Waals surface area (Å²) in [5.41, 5.74) is 0.134. The van der Waals surface area contributed by atoms with Gasteiger partial charge in [0.15, 0.2) is 0 Å². The molecule has 112 valence electrons. The molecule has 2 rings (SSSR count). The fourth-order valence-electron chi connectivity index (χ4n) is 1.69. The quantitative estimate of drug-likeness (QED) is 0.667. The number of nitrogens with zero attached hydrogens (tertiary/aromatic N) is 3. The van der Waals surface area contributed by atoms with Gasteiger partial charge >= 0.3 is 5.97 Å². The molecule has 0 amide bonds. The van der Waals surface area contributed by atoms with Crippen LogP contribution in [0.3, 0.4) is 0 Å². The van der Waals surface area contributed by atoms with Gasteiger partial charge in [-0.1, -0.05) is 5.21 Å². The number of aromatic nitrogens is 3. The van der Waals surface area contributed by atoms with Crippen molar-refractivity contribution in [1.82, 2.24) is 15.0 Å². The van der Waals surface area contributed by atoms with Crippen molar-refractivity contribution in [3.8, 4) is 0 Å². The van der Waals surface area contributed by atoms with Gasteiger partial charge in [0, 0.05) is 18.4 Å². The number of nitrogens with one attached hydrogen (secondary N) is 1.